The van der Waals surface area contributed by atoms with Gasteiger partial charge in [0.05, 0.1) is 59.1 Å². The van der Waals surface area contributed by atoms with Gasteiger partial charge in [0, 0.05) is 14.0 Å². The molecule has 362 valence electrons. The fraction of sp³-hybridized carbons (Fsp3) is 0.490. The van der Waals surface area contributed by atoms with Crippen molar-refractivity contribution in [3.63, 3.8) is 0 Å². The van der Waals surface area contributed by atoms with Gasteiger partial charge in [-0.2, -0.15) is 0 Å². The van der Waals surface area contributed by atoms with Gasteiger partial charge in [-0.15, -0.1) is 0 Å². The molecule has 2 heterocycles. The van der Waals surface area contributed by atoms with Gasteiger partial charge in [0.15, 0.2) is 19.5 Å². The monoisotopic (exact) mass is 956 g/mol. The predicted octanol–water partition coefficient (Wildman–Crippen LogP) is 7.09. The fourth-order valence-electron chi connectivity index (χ4n) is 7.94. The van der Waals surface area contributed by atoms with Crippen molar-refractivity contribution in [1.82, 2.24) is 29.7 Å². The molecule has 0 spiro atoms. The zero-order valence-corrected chi connectivity index (χ0v) is 42.5. The van der Waals surface area contributed by atoms with Crippen LogP contribution in [0.25, 0.3) is 11.2 Å². The second kappa shape index (κ2) is 21.7. The number of ether oxygens (including phenoxy) is 5. The Balaban J connectivity index is 1.21. The maximum Gasteiger partial charge on any atom is 0.407 e. The van der Waals surface area contributed by atoms with Crippen LogP contribution in [-0.2, 0) is 35.6 Å². The van der Waals surface area contributed by atoms with E-state index in [1.54, 1.807) is 25.1 Å². The Bertz CT molecular complexity index is 2420. The van der Waals surface area contributed by atoms with Gasteiger partial charge >= 0.3 is 6.09 Å². The number of alkyl carbamates (subject to hydrolysis) is 1. The van der Waals surface area contributed by atoms with Gasteiger partial charge in [0.25, 0.3) is 5.56 Å². The molecule has 4 atom stereocenters. The molecule has 1 aliphatic rings. The summed E-state index contributed by atoms with van der Waals surface area (Å²) in [4.78, 5) is 47.1. The lowest BCUT2D eigenvalue weighted by molar-refractivity contribution is -0.121. The third kappa shape index (κ3) is 12.2. The number of hydrogen-bond acceptors (Lipinski definition) is 12. The Hall–Kier alpha value is -5.38. The van der Waals surface area contributed by atoms with Crippen molar-refractivity contribution < 1.29 is 42.8 Å². The molecular formula is C49H68N6O10Si2. The number of nitrogens with one attached hydrogen (secondary N) is 2. The first-order chi connectivity index (χ1) is 31.8. The first-order valence-electron chi connectivity index (χ1n) is 22.8. The number of amides is 2. The smallest absolute Gasteiger partial charge is 0.407 e. The molecule has 2 amide bonds. The average Bonchev–Trinajstić information content (AvgIpc) is 3.86. The molecule has 67 heavy (non-hydrogen) atoms. The van der Waals surface area contributed by atoms with E-state index in [4.69, 9.17) is 28.1 Å². The van der Waals surface area contributed by atoms with E-state index in [9.17, 15) is 19.5 Å². The molecular weight excluding hydrogens is 889 g/mol. The molecule has 1 aliphatic carbocycles. The number of carbonyl (C=O) groups is 2. The number of nitrogens with zero attached hydrogens (tertiary/aromatic N) is 4. The highest BCUT2D eigenvalue weighted by Crippen LogP contribution is 2.47. The van der Waals surface area contributed by atoms with Gasteiger partial charge < -0.3 is 48.4 Å². The number of benzene rings is 3. The van der Waals surface area contributed by atoms with Crippen LogP contribution in [0.4, 0.5) is 4.79 Å². The average molecular weight is 957 g/mol. The van der Waals surface area contributed by atoms with E-state index in [1.807, 2.05) is 66.7 Å². The first kappa shape index (κ1) is 51.0. The Morgan fingerprint density at radius 2 is 1.43 bits per heavy atom. The van der Waals surface area contributed by atoms with Crippen molar-refractivity contribution in [1.29, 1.82) is 0 Å². The van der Waals surface area contributed by atoms with Crippen molar-refractivity contribution >= 4 is 39.6 Å². The molecule has 0 bridgehead atoms. The minimum Gasteiger partial charge on any atom is -0.497 e. The van der Waals surface area contributed by atoms with E-state index in [0.717, 1.165) is 22.7 Å². The molecule has 0 saturated heterocycles. The van der Waals surface area contributed by atoms with Gasteiger partial charge in [-0.1, -0.05) is 95.0 Å². The fourth-order valence-corrected chi connectivity index (χ4v) is 10.0. The second-order valence-corrected chi connectivity index (χ2v) is 30.1. The summed E-state index contributed by atoms with van der Waals surface area (Å²) in [5.41, 5.74) is 1.71. The highest BCUT2D eigenvalue weighted by Gasteiger charge is 2.51. The third-order valence-corrected chi connectivity index (χ3v) is 19.1. The molecule has 3 N–H and O–H groups in total. The summed E-state index contributed by atoms with van der Waals surface area (Å²) in [6.07, 6.45) is 1.19. The molecule has 1 saturated carbocycles. The van der Waals surface area contributed by atoms with Crippen LogP contribution in [-0.4, -0.2) is 112 Å². The maximum absolute atomic E-state index is 13.8. The maximum atomic E-state index is 13.8. The van der Waals surface area contributed by atoms with E-state index in [-0.39, 0.29) is 55.1 Å². The molecule has 18 heteroatoms. The molecule has 0 radical (unpaired) electrons. The Labute approximate surface area is 395 Å². The molecule has 16 nitrogen and oxygen atoms in total. The Kier molecular flexibility index (Phi) is 16.5. The van der Waals surface area contributed by atoms with E-state index in [1.165, 1.54) is 10.9 Å². The summed E-state index contributed by atoms with van der Waals surface area (Å²) in [5.74, 6) is 0.683. The second-order valence-electron chi connectivity index (χ2n) is 19.7. The largest absolute Gasteiger partial charge is 0.497 e. The zero-order valence-electron chi connectivity index (χ0n) is 40.5. The van der Waals surface area contributed by atoms with Crippen LogP contribution in [0.3, 0.4) is 0 Å². The number of methoxy groups -OCH3 is 2. The number of imidazole rings is 1. The number of aliphatic hydroxyl groups is 1. The lowest BCUT2D eigenvalue weighted by Gasteiger charge is -2.41. The first-order valence-corrected chi connectivity index (χ1v) is 29.4. The number of rotatable bonds is 21. The van der Waals surface area contributed by atoms with Crippen LogP contribution in [0.1, 0.15) is 49.9 Å². The van der Waals surface area contributed by atoms with Crippen LogP contribution in [0.2, 0.25) is 43.8 Å². The molecule has 1 fully saturated rings. The number of hydrogen-bond donors (Lipinski definition) is 3. The number of aliphatic hydroxyl groups excluding tert-OH is 1. The minimum atomic E-state index is -2.46. The van der Waals surface area contributed by atoms with Gasteiger partial charge in [-0.3, -0.25) is 14.2 Å². The number of aromatic nitrogens is 4. The summed E-state index contributed by atoms with van der Waals surface area (Å²) >= 11 is 0. The highest BCUT2D eigenvalue weighted by atomic mass is 28.4. The Morgan fingerprint density at radius 1 is 0.821 bits per heavy atom. The lowest BCUT2D eigenvalue weighted by Crippen LogP contribution is -2.49. The molecule has 5 aromatic rings. The molecule has 2 aromatic heterocycles. The summed E-state index contributed by atoms with van der Waals surface area (Å²) in [6.45, 7) is 17.8. The molecule has 6 rings (SSSR count). The van der Waals surface area contributed by atoms with Crippen molar-refractivity contribution in [2.75, 3.05) is 47.3 Å². The van der Waals surface area contributed by atoms with Crippen LogP contribution >= 0.6 is 0 Å². The Morgan fingerprint density at radius 3 is 2.01 bits per heavy atom. The minimum absolute atomic E-state index is 0.0905. The van der Waals surface area contributed by atoms with E-state index >= 15 is 0 Å². The van der Waals surface area contributed by atoms with Crippen molar-refractivity contribution in [2.45, 2.75) is 101 Å². The van der Waals surface area contributed by atoms with E-state index in [0.29, 0.717) is 30.2 Å². The predicted molar refractivity (Wildman–Crippen MR) is 262 cm³/mol. The molecule has 3 aromatic carbocycles. The third-order valence-electron chi connectivity index (χ3n) is 12.9. The van der Waals surface area contributed by atoms with Crippen molar-refractivity contribution in [2.24, 2.45) is 5.92 Å². The summed E-state index contributed by atoms with van der Waals surface area (Å²) in [6, 6.07) is 26.1. The van der Waals surface area contributed by atoms with Crippen LogP contribution in [0.5, 0.6) is 11.5 Å². The summed E-state index contributed by atoms with van der Waals surface area (Å²) < 4.78 is 39.5. The number of carbonyl (C=O) groups excluding carboxylic acids is 2. The quantitative estimate of drug-likeness (QED) is 0.0294. The normalized spacial score (nSPS) is 17.9. The van der Waals surface area contributed by atoms with Gasteiger partial charge in [0.2, 0.25) is 5.91 Å². The lowest BCUT2D eigenvalue weighted by atomic mass is 9.79. The topological polar surface area (TPSA) is 187 Å². The summed E-state index contributed by atoms with van der Waals surface area (Å²) in [7, 11) is -0.534. The molecule has 0 unspecified atom stereocenters. The SMILES string of the molecule is COc1ccc(C(OC[C@H]2C[C@@H](n3cnc4c(=O)n(CCOCNC(=O)CNC(=O)OCC[Si](C)(C)C)cnc43)[C@H](O)[C@@H]2O[Si](C)(C)C(C)(C)C)(c2ccccc2)c2ccc(OC)cc2)cc1. The van der Waals surface area contributed by atoms with Crippen LogP contribution in [0, 0.1) is 5.92 Å². The standard InChI is InChI=1S/C49H68N6O10Si2/c1-48(2,3)67(9,10)65-44-34(30-64-49(35-14-12-11-13-15-35,36-16-20-38(60-4)21-17-36)37-18-22-39(61-5)23-19-37)28-40(43(44)57)55-32-51-42-45(55)52-31-54(46(42)58)24-25-62-33-53-41(56)29-50-47(59)63-26-27-66(6,7)8/h11-23,31-32,34,40,43-44,57H,24-30,33H2,1-10H3,(H,50,59)(H,53,56)/t34-,40-,43+,44-/m1/s1. The summed E-state index contributed by atoms with van der Waals surface area (Å²) in [5, 5.41) is 17.3. The highest BCUT2D eigenvalue weighted by molar-refractivity contribution is 6.76. The molecule has 0 aliphatic heterocycles. The van der Waals surface area contributed by atoms with Crippen molar-refractivity contribution in [3.05, 3.63) is 119 Å². The zero-order chi connectivity index (χ0) is 48.6. The van der Waals surface area contributed by atoms with E-state index < -0.39 is 52.2 Å². The van der Waals surface area contributed by atoms with Crippen LogP contribution < -0.4 is 25.7 Å². The van der Waals surface area contributed by atoms with Crippen molar-refractivity contribution in [3.8, 4) is 11.5 Å². The van der Waals surface area contributed by atoms with Gasteiger partial charge in [-0.25, -0.2) is 14.8 Å². The number of fused-ring (bicyclic) bond motifs is 1. The van der Waals surface area contributed by atoms with Crippen LogP contribution in [0.15, 0.2) is 96.3 Å². The van der Waals surface area contributed by atoms with Gasteiger partial charge in [-0.05, 0) is 71.6 Å². The van der Waals surface area contributed by atoms with Gasteiger partial charge in [0.1, 0.15) is 42.8 Å². The van der Waals surface area contributed by atoms with E-state index in [2.05, 4.69) is 86.2 Å².